The minimum absolute atomic E-state index is 0.0612. The van der Waals surface area contributed by atoms with Crippen LogP contribution in [-0.4, -0.2) is 48.9 Å². The number of carboxylic acids is 1. The van der Waals surface area contributed by atoms with Gasteiger partial charge in [0.05, 0.1) is 13.2 Å². The lowest BCUT2D eigenvalue weighted by atomic mass is 10.1. The topological polar surface area (TPSA) is 59.0 Å². The molecule has 116 valence electrons. The summed E-state index contributed by atoms with van der Waals surface area (Å²) in [4.78, 5) is 12.8. The summed E-state index contributed by atoms with van der Waals surface area (Å²) in [6, 6.07) is 5.97. The average Bonchev–Trinajstić information content (AvgIpc) is 2.48. The lowest BCUT2D eigenvalue weighted by molar-refractivity contribution is -0.145. The molecule has 1 aromatic rings. The summed E-state index contributed by atoms with van der Waals surface area (Å²) < 4.78 is 11.7. The van der Waals surface area contributed by atoms with Gasteiger partial charge in [-0.05, 0) is 36.6 Å². The van der Waals surface area contributed by atoms with Gasteiger partial charge in [-0.25, -0.2) is 4.79 Å². The van der Waals surface area contributed by atoms with Gasteiger partial charge >= 0.3 is 5.97 Å². The Morgan fingerprint density at radius 2 is 2.14 bits per heavy atom. The van der Waals surface area contributed by atoms with Gasteiger partial charge in [0.15, 0.2) is 0 Å². The van der Waals surface area contributed by atoms with Crippen molar-refractivity contribution < 1.29 is 19.4 Å². The van der Waals surface area contributed by atoms with Crippen LogP contribution in [0.1, 0.15) is 18.4 Å². The molecule has 0 unspecified atom stereocenters. The van der Waals surface area contributed by atoms with E-state index >= 15 is 0 Å². The SMILES string of the molecule is COc1ccc(Br)c(CN2CCC(OCC(=O)O)CC2)c1. The monoisotopic (exact) mass is 357 g/mol. The van der Waals surface area contributed by atoms with Gasteiger partial charge in [-0.15, -0.1) is 0 Å². The van der Waals surface area contributed by atoms with Crippen LogP contribution in [-0.2, 0) is 16.1 Å². The van der Waals surface area contributed by atoms with Gasteiger partial charge < -0.3 is 14.6 Å². The molecule has 5 nitrogen and oxygen atoms in total. The lowest BCUT2D eigenvalue weighted by Gasteiger charge is -2.31. The van der Waals surface area contributed by atoms with Crippen molar-refractivity contribution >= 4 is 21.9 Å². The Labute approximate surface area is 133 Å². The van der Waals surface area contributed by atoms with Crippen LogP contribution in [0.15, 0.2) is 22.7 Å². The van der Waals surface area contributed by atoms with E-state index in [4.69, 9.17) is 14.6 Å². The molecule has 0 aromatic heterocycles. The second kappa shape index (κ2) is 7.77. The molecule has 0 atom stereocenters. The third-order valence-corrected chi connectivity index (χ3v) is 4.40. The molecular formula is C15H20BrNO4. The number of benzene rings is 1. The first-order chi connectivity index (χ1) is 10.1. The van der Waals surface area contributed by atoms with E-state index in [0.29, 0.717) is 0 Å². The van der Waals surface area contributed by atoms with Crippen molar-refractivity contribution in [3.63, 3.8) is 0 Å². The summed E-state index contributed by atoms with van der Waals surface area (Å²) in [6.45, 7) is 2.47. The van der Waals surface area contributed by atoms with E-state index in [0.717, 1.165) is 42.7 Å². The van der Waals surface area contributed by atoms with E-state index < -0.39 is 5.97 Å². The van der Waals surface area contributed by atoms with Crippen molar-refractivity contribution in [2.24, 2.45) is 0 Å². The number of nitrogens with zero attached hydrogens (tertiary/aromatic N) is 1. The number of rotatable bonds is 6. The molecule has 0 amide bonds. The molecule has 1 N–H and O–H groups in total. The standard InChI is InChI=1S/C15H20BrNO4/c1-20-13-2-3-14(16)11(8-13)9-17-6-4-12(5-7-17)21-10-15(18)19/h2-3,8,12H,4-7,9-10H2,1H3,(H,18,19). The molecular weight excluding hydrogens is 338 g/mol. The van der Waals surface area contributed by atoms with Crippen LogP contribution in [0, 0.1) is 0 Å². The molecule has 1 aliphatic heterocycles. The summed E-state index contributed by atoms with van der Waals surface area (Å²) in [7, 11) is 1.66. The predicted molar refractivity (Wildman–Crippen MR) is 82.6 cm³/mol. The Hall–Kier alpha value is -1.11. The number of piperidine rings is 1. The van der Waals surface area contributed by atoms with Crippen LogP contribution < -0.4 is 4.74 Å². The quantitative estimate of drug-likeness (QED) is 0.847. The van der Waals surface area contributed by atoms with E-state index in [1.165, 1.54) is 5.56 Å². The minimum atomic E-state index is -0.905. The molecule has 1 heterocycles. The van der Waals surface area contributed by atoms with Crippen LogP contribution in [0.4, 0.5) is 0 Å². The number of hydrogen-bond acceptors (Lipinski definition) is 4. The zero-order valence-corrected chi connectivity index (χ0v) is 13.6. The molecule has 1 aliphatic rings. The Morgan fingerprint density at radius 3 is 2.76 bits per heavy atom. The number of aliphatic carboxylic acids is 1. The van der Waals surface area contributed by atoms with Gasteiger partial charge in [-0.3, -0.25) is 4.90 Å². The molecule has 1 aromatic carbocycles. The largest absolute Gasteiger partial charge is 0.497 e. The highest BCUT2D eigenvalue weighted by molar-refractivity contribution is 9.10. The van der Waals surface area contributed by atoms with E-state index in [1.54, 1.807) is 7.11 Å². The van der Waals surface area contributed by atoms with Crippen molar-refractivity contribution in [3.05, 3.63) is 28.2 Å². The highest BCUT2D eigenvalue weighted by Gasteiger charge is 2.21. The number of methoxy groups -OCH3 is 1. The molecule has 0 radical (unpaired) electrons. The van der Waals surface area contributed by atoms with Gasteiger partial charge in [-0.2, -0.15) is 0 Å². The first-order valence-electron chi connectivity index (χ1n) is 6.96. The van der Waals surface area contributed by atoms with Crippen molar-refractivity contribution in [2.75, 3.05) is 26.8 Å². The Morgan fingerprint density at radius 1 is 1.43 bits per heavy atom. The lowest BCUT2D eigenvalue weighted by Crippen LogP contribution is -2.37. The predicted octanol–water partition coefficient (Wildman–Crippen LogP) is 2.52. The van der Waals surface area contributed by atoms with E-state index in [2.05, 4.69) is 20.8 Å². The number of hydrogen-bond donors (Lipinski definition) is 1. The molecule has 1 fully saturated rings. The van der Waals surface area contributed by atoms with E-state index in [1.807, 2.05) is 18.2 Å². The van der Waals surface area contributed by atoms with E-state index in [9.17, 15) is 4.79 Å². The van der Waals surface area contributed by atoms with Crippen molar-refractivity contribution in [1.82, 2.24) is 4.90 Å². The first-order valence-corrected chi connectivity index (χ1v) is 7.76. The van der Waals surface area contributed by atoms with Crippen LogP contribution in [0.5, 0.6) is 5.75 Å². The average molecular weight is 358 g/mol. The normalized spacial score (nSPS) is 16.9. The zero-order valence-electron chi connectivity index (χ0n) is 12.0. The Kier molecular flexibility index (Phi) is 6.02. The van der Waals surface area contributed by atoms with Crippen molar-refractivity contribution in [2.45, 2.75) is 25.5 Å². The maximum atomic E-state index is 10.5. The smallest absolute Gasteiger partial charge is 0.329 e. The fraction of sp³-hybridized carbons (Fsp3) is 0.533. The minimum Gasteiger partial charge on any atom is -0.497 e. The number of halogens is 1. The van der Waals surface area contributed by atoms with Crippen molar-refractivity contribution in [1.29, 1.82) is 0 Å². The third kappa shape index (κ3) is 4.98. The van der Waals surface area contributed by atoms with Gasteiger partial charge in [0, 0.05) is 24.1 Å². The number of ether oxygens (including phenoxy) is 2. The summed E-state index contributed by atoms with van der Waals surface area (Å²) in [5.74, 6) is -0.0504. The summed E-state index contributed by atoms with van der Waals surface area (Å²) in [5, 5.41) is 8.62. The van der Waals surface area contributed by atoms with Gasteiger partial charge in [0.2, 0.25) is 0 Å². The molecule has 0 spiro atoms. The fourth-order valence-corrected chi connectivity index (χ4v) is 2.84. The van der Waals surface area contributed by atoms with Gasteiger partial charge in [0.25, 0.3) is 0 Å². The first kappa shape index (κ1) is 16.3. The second-order valence-electron chi connectivity index (χ2n) is 5.14. The molecule has 6 heteroatoms. The van der Waals surface area contributed by atoms with Gasteiger partial charge in [-0.1, -0.05) is 15.9 Å². The Bertz CT molecular complexity index is 487. The van der Waals surface area contributed by atoms with Crippen molar-refractivity contribution in [3.8, 4) is 5.75 Å². The maximum absolute atomic E-state index is 10.5. The second-order valence-corrected chi connectivity index (χ2v) is 5.99. The summed E-state index contributed by atoms with van der Waals surface area (Å²) in [6.07, 6.45) is 1.80. The molecule has 0 bridgehead atoms. The summed E-state index contributed by atoms with van der Waals surface area (Å²) >= 11 is 3.57. The highest BCUT2D eigenvalue weighted by Crippen LogP contribution is 2.25. The fourth-order valence-electron chi connectivity index (χ4n) is 2.46. The van der Waals surface area contributed by atoms with E-state index in [-0.39, 0.29) is 12.7 Å². The van der Waals surface area contributed by atoms with Crippen LogP contribution >= 0.6 is 15.9 Å². The number of carbonyl (C=O) groups is 1. The number of carboxylic acid groups (broad SMARTS) is 1. The molecule has 1 saturated heterocycles. The molecule has 2 rings (SSSR count). The van der Waals surface area contributed by atoms with Crippen LogP contribution in [0.25, 0.3) is 0 Å². The highest BCUT2D eigenvalue weighted by atomic mass is 79.9. The molecule has 0 aliphatic carbocycles. The van der Waals surface area contributed by atoms with Crippen LogP contribution in [0.2, 0.25) is 0 Å². The molecule has 0 saturated carbocycles. The number of likely N-dealkylation sites (tertiary alicyclic amines) is 1. The maximum Gasteiger partial charge on any atom is 0.329 e. The van der Waals surface area contributed by atoms with Crippen LogP contribution in [0.3, 0.4) is 0 Å². The summed E-state index contributed by atoms with van der Waals surface area (Å²) in [5.41, 5.74) is 1.19. The zero-order chi connectivity index (χ0) is 15.2. The third-order valence-electron chi connectivity index (χ3n) is 3.62. The molecule has 21 heavy (non-hydrogen) atoms. The Balaban J connectivity index is 1.84. The van der Waals surface area contributed by atoms with Gasteiger partial charge in [0.1, 0.15) is 12.4 Å².